The first-order valence-electron chi connectivity index (χ1n) is 9.90. The Balaban J connectivity index is 1.60. The van der Waals surface area contributed by atoms with Gasteiger partial charge in [-0.25, -0.2) is 0 Å². The van der Waals surface area contributed by atoms with Gasteiger partial charge < -0.3 is 14.6 Å². The fraction of sp³-hybridized carbons (Fsp3) is 0.292. The first-order chi connectivity index (χ1) is 13.7. The average Bonchev–Trinajstić information content (AvgIpc) is 3.36. The Morgan fingerprint density at radius 3 is 2.50 bits per heavy atom. The molecule has 0 saturated carbocycles. The molecule has 0 radical (unpaired) electrons. The van der Waals surface area contributed by atoms with E-state index in [0.717, 1.165) is 38.3 Å². The van der Waals surface area contributed by atoms with Gasteiger partial charge in [-0.15, -0.1) is 0 Å². The van der Waals surface area contributed by atoms with E-state index in [1.54, 1.807) is 12.4 Å². The third kappa shape index (κ3) is 2.76. The highest BCUT2D eigenvalue weighted by atomic mass is 16.5. The molecule has 3 heterocycles. The van der Waals surface area contributed by atoms with E-state index in [-0.39, 0.29) is 11.3 Å². The number of H-pyrrole nitrogens is 1. The van der Waals surface area contributed by atoms with E-state index in [4.69, 9.17) is 4.74 Å². The minimum Gasteiger partial charge on any atom is -0.381 e. The van der Waals surface area contributed by atoms with Gasteiger partial charge in [0.15, 0.2) is 0 Å². The number of carbonyl (C=O) groups excluding carboxylic acids is 1. The molecule has 0 unspecified atom stereocenters. The third-order valence-corrected chi connectivity index (χ3v) is 6.24. The summed E-state index contributed by atoms with van der Waals surface area (Å²) < 4.78 is 5.66. The minimum absolute atomic E-state index is 0.0136. The number of aryl methyl sites for hydroxylation is 1. The molecule has 1 fully saturated rings. The summed E-state index contributed by atoms with van der Waals surface area (Å²) in [5, 5.41) is 0. The highest BCUT2D eigenvalue weighted by molar-refractivity contribution is 6.07. The fourth-order valence-electron chi connectivity index (χ4n) is 4.58. The maximum atomic E-state index is 13.2. The van der Waals surface area contributed by atoms with Crippen LogP contribution in [0.15, 0.2) is 60.9 Å². The van der Waals surface area contributed by atoms with Crippen LogP contribution in [0.3, 0.4) is 0 Å². The number of hydrogen-bond donors (Lipinski definition) is 1. The van der Waals surface area contributed by atoms with Gasteiger partial charge in [-0.3, -0.25) is 4.79 Å². The molecule has 1 amide bonds. The number of nitrogens with zero attached hydrogens (tertiary/aromatic N) is 1. The Bertz CT molecular complexity index is 1000. The Morgan fingerprint density at radius 1 is 1.04 bits per heavy atom. The normalized spacial score (nSPS) is 17.7. The average molecular weight is 372 g/mol. The largest absolute Gasteiger partial charge is 0.381 e. The number of anilines is 1. The van der Waals surface area contributed by atoms with Crippen molar-refractivity contribution in [2.45, 2.75) is 25.2 Å². The van der Waals surface area contributed by atoms with Crippen molar-refractivity contribution in [2.75, 3.05) is 24.7 Å². The SMILES string of the molecule is Cc1ccc(-c2ccc3c(c2)C2(CCOCC2)CN3C(=O)c2cc[nH]c2)cc1. The lowest BCUT2D eigenvalue weighted by Crippen LogP contribution is -2.40. The second-order valence-electron chi connectivity index (χ2n) is 7.98. The van der Waals surface area contributed by atoms with Crippen molar-refractivity contribution in [1.29, 1.82) is 0 Å². The maximum Gasteiger partial charge on any atom is 0.259 e. The number of amides is 1. The van der Waals surface area contributed by atoms with Crippen LogP contribution in [0.2, 0.25) is 0 Å². The summed E-state index contributed by atoms with van der Waals surface area (Å²) in [5.74, 6) is 0.0638. The molecule has 2 aliphatic heterocycles. The lowest BCUT2D eigenvalue weighted by molar-refractivity contribution is 0.0547. The lowest BCUT2D eigenvalue weighted by Gasteiger charge is -2.34. The van der Waals surface area contributed by atoms with E-state index in [9.17, 15) is 4.79 Å². The van der Waals surface area contributed by atoms with E-state index in [2.05, 4.69) is 54.4 Å². The maximum absolute atomic E-state index is 13.2. The molecule has 3 aromatic rings. The number of rotatable bonds is 2. The summed E-state index contributed by atoms with van der Waals surface area (Å²) in [6.07, 6.45) is 5.48. The van der Waals surface area contributed by atoms with Gasteiger partial charge in [0.2, 0.25) is 0 Å². The van der Waals surface area contributed by atoms with Crippen LogP contribution in [-0.4, -0.2) is 30.6 Å². The molecule has 1 N–H and O–H groups in total. The Labute approximate surface area is 165 Å². The molecular formula is C24H24N2O2. The van der Waals surface area contributed by atoms with Crippen LogP contribution < -0.4 is 4.90 Å². The molecule has 0 aliphatic carbocycles. The molecule has 1 aromatic heterocycles. The monoisotopic (exact) mass is 372 g/mol. The van der Waals surface area contributed by atoms with Crippen molar-refractivity contribution in [1.82, 2.24) is 4.98 Å². The second-order valence-corrected chi connectivity index (χ2v) is 7.98. The smallest absolute Gasteiger partial charge is 0.259 e. The minimum atomic E-state index is -0.0136. The zero-order valence-electron chi connectivity index (χ0n) is 16.1. The molecule has 2 aromatic carbocycles. The molecule has 4 heteroatoms. The predicted octanol–water partition coefficient (Wildman–Crippen LogP) is 4.70. The molecule has 0 bridgehead atoms. The third-order valence-electron chi connectivity index (χ3n) is 6.24. The highest BCUT2D eigenvalue weighted by Crippen LogP contribution is 2.48. The lowest BCUT2D eigenvalue weighted by atomic mass is 9.75. The van der Waals surface area contributed by atoms with Crippen molar-refractivity contribution in [3.63, 3.8) is 0 Å². The number of aromatic nitrogens is 1. The van der Waals surface area contributed by atoms with Gasteiger partial charge in [0.05, 0.1) is 5.56 Å². The van der Waals surface area contributed by atoms with E-state index < -0.39 is 0 Å². The number of carbonyl (C=O) groups is 1. The summed E-state index contributed by atoms with van der Waals surface area (Å²) >= 11 is 0. The molecule has 5 rings (SSSR count). The van der Waals surface area contributed by atoms with E-state index in [0.29, 0.717) is 5.56 Å². The van der Waals surface area contributed by atoms with Gasteiger partial charge in [-0.2, -0.15) is 0 Å². The molecule has 142 valence electrons. The predicted molar refractivity (Wildman–Crippen MR) is 111 cm³/mol. The van der Waals surface area contributed by atoms with Crippen molar-refractivity contribution < 1.29 is 9.53 Å². The number of ether oxygens (including phenoxy) is 1. The van der Waals surface area contributed by atoms with Crippen LogP contribution in [0.4, 0.5) is 5.69 Å². The molecule has 1 spiro atoms. The zero-order valence-corrected chi connectivity index (χ0v) is 16.1. The number of nitrogens with one attached hydrogen (secondary N) is 1. The summed E-state index contributed by atoms with van der Waals surface area (Å²) in [4.78, 5) is 18.1. The van der Waals surface area contributed by atoms with Crippen molar-refractivity contribution in [2.24, 2.45) is 0 Å². The fourth-order valence-corrected chi connectivity index (χ4v) is 4.58. The van der Waals surface area contributed by atoms with E-state index in [1.807, 2.05) is 11.0 Å². The van der Waals surface area contributed by atoms with Crippen LogP contribution in [-0.2, 0) is 10.2 Å². The molecular weight excluding hydrogens is 348 g/mol. The Hall–Kier alpha value is -2.85. The van der Waals surface area contributed by atoms with Gasteiger partial charge in [0, 0.05) is 43.3 Å². The molecule has 0 atom stereocenters. The topological polar surface area (TPSA) is 45.3 Å². The van der Waals surface area contributed by atoms with Crippen LogP contribution >= 0.6 is 0 Å². The van der Waals surface area contributed by atoms with Crippen molar-refractivity contribution in [3.05, 3.63) is 77.6 Å². The molecule has 1 saturated heterocycles. The van der Waals surface area contributed by atoms with Crippen molar-refractivity contribution in [3.8, 4) is 11.1 Å². The first kappa shape index (κ1) is 17.3. The standard InChI is InChI=1S/C24H24N2O2/c1-17-2-4-18(5-3-17)19-6-7-22-21(14-19)24(9-12-28-13-10-24)16-26(22)23(27)20-8-11-25-15-20/h2-8,11,14-15,25H,9-10,12-13,16H2,1H3. The van der Waals surface area contributed by atoms with Crippen LogP contribution in [0.5, 0.6) is 0 Å². The van der Waals surface area contributed by atoms with Crippen LogP contribution in [0.25, 0.3) is 11.1 Å². The Kier molecular flexibility index (Phi) is 4.09. The number of aromatic amines is 1. The Morgan fingerprint density at radius 2 is 1.79 bits per heavy atom. The van der Waals surface area contributed by atoms with E-state index >= 15 is 0 Å². The summed E-state index contributed by atoms with van der Waals surface area (Å²) in [6, 6.07) is 17.0. The van der Waals surface area contributed by atoms with Gasteiger partial charge in [-0.05, 0) is 54.7 Å². The first-order valence-corrected chi connectivity index (χ1v) is 9.90. The van der Waals surface area contributed by atoms with Crippen molar-refractivity contribution >= 4 is 11.6 Å². The second kappa shape index (κ2) is 6.64. The molecule has 4 nitrogen and oxygen atoms in total. The van der Waals surface area contributed by atoms with E-state index in [1.165, 1.54) is 22.3 Å². The number of benzene rings is 2. The van der Waals surface area contributed by atoms with Gasteiger partial charge in [-0.1, -0.05) is 35.9 Å². The molecule has 28 heavy (non-hydrogen) atoms. The van der Waals surface area contributed by atoms with Crippen LogP contribution in [0.1, 0.15) is 34.3 Å². The summed E-state index contributed by atoms with van der Waals surface area (Å²) in [6.45, 7) is 4.34. The number of hydrogen-bond acceptors (Lipinski definition) is 2. The van der Waals surface area contributed by atoms with Gasteiger partial charge in [0.25, 0.3) is 5.91 Å². The number of fused-ring (bicyclic) bond motifs is 2. The summed E-state index contributed by atoms with van der Waals surface area (Å²) in [5.41, 5.74) is 6.71. The van der Waals surface area contributed by atoms with Crippen LogP contribution in [0, 0.1) is 6.92 Å². The molecule has 2 aliphatic rings. The highest BCUT2D eigenvalue weighted by Gasteiger charge is 2.45. The summed E-state index contributed by atoms with van der Waals surface area (Å²) in [7, 11) is 0. The quantitative estimate of drug-likeness (QED) is 0.709. The zero-order chi connectivity index (χ0) is 19.1. The van der Waals surface area contributed by atoms with Gasteiger partial charge in [0.1, 0.15) is 0 Å². The van der Waals surface area contributed by atoms with Gasteiger partial charge >= 0.3 is 0 Å².